The minimum atomic E-state index is -3.57. The van der Waals surface area contributed by atoms with Crippen molar-refractivity contribution in [2.45, 2.75) is 19.4 Å². The maximum absolute atomic E-state index is 12.8. The second-order valence-electron chi connectivity index (χ2n) is 6.77. The maximum Gasteiger partial charge on any atom is 0.243 e. The SMILES string of the molecule is COc1cccc(C2CCN2C(=O)CN(c2ccc(C)cc2)S(C)(=O)=O)c1. The molecule has 1 amide bonds. The van der Waals surface area contributed by atoms with Crippen LogP contribution in [0.5, 0.6) is 5.75 Å². The molecule has 7 heteroatoms. The van der Waals surface area contributed by atoms with Crippen molar-refractivity contribution in [3.8, 4) is 5.75 Å². The number of carbonyl (C=O) groups is 1. The molecule has 0 saturated carbocycles. The number of benzene rings is 2. The van der Waals surface area contributed by atoms with E-state index in [0.29, 0.717) is 12.2 Å². The Balaban J connectivity index is 1.78. The highest BCUT2D eigenvalue weighted by molar-refractivity contribution is 7.92. The Morgan fingerprint density at radius 2 is 1.93 bits per heavy atom. The van der Waals surface area contributed by atoms with Crippen LogP contribution in [0, 0.1) is 6.92 Å². The lowest BCUT2D eigenvalue weighted by Crippen LogP contribution is -2.50. The van der Waals surface area contributed by atoms with Gasteiger partial charge in [-0.1, -0.05) is 29.8 Å². The first-order chi connectivity index (χ1) is 12.8. The lowest BCUT2D eigenvalue weighted by atomic mass is 9.94. The van der Waals surface area contributed by atoms with Crippen LogP contribution in [0.4, 0.5) is 5.69 Å². The summed E-state index contributed by atoms with van der Waals surface area (Å²) in [4.78, 5) is 14.6. The van der Waals surface area contributed by atoms with Gasteiger partial charge in [-0.25, -0.2) is 8.42 Å². The van der Waals surface area contributed by atoms with E-state index in [0.717, 1.165) is 33.9 Å². The number of likely N-dealkylation sites (tertiary alicyclic amines) is 1. The van der Waals surface area contributed by atoms with Crippen molar-refractivity contribution < 1.29 is 17.9 Å². The van der Waals surface area contributed by atoms with Crippen LogP contribution < -0.4 is 9.04 Å². The number of ether oxygens (including phenoxy) is 1. The Morgan fingerprint density at radius 3 is 2.48 bits per heavy atom. The van der Waals surface area contributed by atoms with E-state index in [1.54, 1.807) is 24.1 Å². The fourth-order valence-electron chi connectivity index (χ4n) is 3.21. The molecule has 1 fully saturated rings. The van der Waals surface area contributed by atoms with E-state index in [-0.39, 0.29) is 18.5 Å². The lowest BCUT2D eigenvalue weighted by molar-refractivity contribution is -0.137. The summed E-state index contributed by atoms with van der Waals surface area (Å²) >= 11 is 0. The Labute approximate surface area is 160 Å². The van der Waals surface area contributed by atoms with E-state index >= 15 is 0 Å². The maximum atomic E-state index is 12.8. The molecule has 27 heavy (non-hydrogen) atoms. The van der Waals surface area contributed by atoms with Crippen LogP contribution in [-0.4, -0.2) is 45.7 Å². The summed E-state index contributed by atoms with van der Waals surface area (Å²) in [5.41, 5.74) is 2.52. The van der Waals surface area contributed by atoms with Crippen molar-refractivity contribution >= 4 is 21.6 Å². The van der Waals surface area contributed by atoms with E-state index < -0.39 is 10.0 Å². The molecular weight excluding hydrogens is 364 g/mol. The van der Waals surface area contributed by atoms with Gasteiger partial charge in [0.25, 0.3) is 0 Å². The molecule has 1 saturated heterocycles. The first-order valence-electron chi connectivity index (χ1n) is 8.77. The highest BCUT2D eigenvalue weighted by atomic mass is 32.2. The molecule has 1 atom stereocenters. The average Bonchev–Trinajstić information content (AvgIpc) is 2.59. The van der Waals surface area contributed by atoms with Crippen LogP contribution >= 0.6 is 0 Å². The van der Waals surface area contributed by atoms with Gasteiger partial charge in [0.2, 0.25) is 15.9 Å². The van der Waals surface area contributed by atoms with E-state index in [1.165, 1.54) is 0 Å². The number of sulfonamides is 1. The molecule has 3 rings (SSSR count). The second kappa shape index (κ2) is 7.60. The molecule has 144 valence electrons. The van der Waals surface area contributed by atoms with Gasteiger partial charge in [-0.3, -0.25) is 9.10 Å². The molecule has 1 aliphatic heterocycles. The molecule has 2 aromatic carbocycles. The molecule has 1 heterocycles. The minimum absolute atomic E-state index is 0.0490. The topological polar surface area (TPSA) is 66.9 Å². The van der Waals surface area contributed by atoms with Gasteiger partial charge in [0.05, 0.1) is 25.1 Å². The van der Waals surface area contributed by atoms with Crippen molar-refractivity contribution in [1.29, 1.82) is 0 Å². The van der Waals surface area contributed by atoms with E-state index in [9.17, 15) is 13.2 Å². The normalized spacial score (nSPS) is 16.6. The first kappa shape index (κ1) is 19.2. The molecule has 0 bridgehead atoms. The monoisotopic (exact) mass is 388 g/mol. The zero-order valence-corrected chi connectivity index (χ0v) is 16.6. The number of nitrogens with zero attached hydrogens (tertiary/aromatic N) is 2. The first-order valence-corrected chi connectivity index (χ1v) is 10.6. The molecule has 2 aromatic rings. The van der Waals surface area contributed by atoms with Crippen molar-refractivity contribution in [3.63, 3.8) is 0 Å². The summed E-state index contributed by atoms with van der Waals surface area (Å²) < 4.78 is 30.9. The number of rotatable bonds is 6. The summed E-state index contributed by atoms with van der Waals surface area (Å²) in [6, 6.07) is 14.7. The van der Waals surface area contributed by atoms with Crippen LogP contribution in [0.2, 0.25) is 0 Å². The van der Waals surface area contributed by atoms with Gasteiger partial charge in [0, 0.05) is 6.54 Å². The van der Waals surface area contributed by atoms with Gasteiger partial charge in [-0.15, -0.1) is 0 Å². The van der Waals surface area contributed by atoms with E-state index in [1.807, 2.05) is 43.3 Å². The quantitative estimate of drug-likeness (QED) is 0.763. The molecule has 1 aliphatic rings. The van der Waals surface area contributed by atoms with Gasteiger partial charge in [-0.05, 0) is 43.2 Å². The third-order valence-electron chi connectivity index (χ3n) is 4.82. The summed E-state index contributed by atoms with van der Waals surface area (Å²) in [7, 11) is -1.96. The molecule has 0 radical (unpaired) electrons. The van der Waals surface area contributed by atoms with Crippen LogP contribution in [0.25, 0.3) is 0 Å². The fourth-order valence-corrected chi connectivity index (χ4v) is 4.06. The Bertz CT molecular complexity index is 925. The average molecular weight is 388 g/mol. The summed E-state index contributed by atoms with van der Waals surface area (Å²) in [5.74, 6) is 0.532. The largest absolute Gasteiger partial charge is 0.497 e. The highest BCUT2D eigenvalue weighted by Gasteiger charge is 2.35. The van der Waals surface area contributed by atoms with E-state index in [4.69, 9.17) is 4.74 Å². The summed E-state index contributed by atoms with van der Waals surface area (Å²) in [6.07, 6.45) is 1.97. The summed E-state index contributed by atoms with van der Waals surface area (Å²) in [5, 5.41) is 0. The molecule has 1 unspecified atom stereocenters. The highest BCUT2D eigenvalue weighted by Crippen LogP contribution is 2.35. The molecule has 6 nitrogen and oxygen atoms in total. The molecular formula is C20H24N2O4S. The molecule has 0 aliphatic carbocycles. The van der Waals surface area contributed by atoms with Crippen molar-refractivity contribution in [3.05, 3.63) is 59.7 Å². The Morgan fingerprint density at radius 1 is 1.22 bits per heavy atom. The Kier molecular flexibility index (Phi) is 5.41. The third kappa shape index (κ3) is 4.24. The number of carbonyl (C=O) groups excluding carboxylic acids is 1. The van der Waals surface area contributed by atoms with Crippen molar-refractivity contribution in [2.24, 2.45) is 0 Å². The zero-order valence-electron chi connectivity index (χ0n) is 15.8. The number of methoxy groups -OCH3 is 1. The van der Waals surface area contributed by atoms with Crippen LogP contribution in [-0.2, 0) is 14.8 Å². The smallest absolute Gasteiger partial charge is 0.243 e. The molecule has 0 aromatic heterocycles. The van der Waals surface area contributed by atoms with Gasteiger partial charge in [0.15, 0.2) is 0 Å². The number of hydrogen-bond donors (Lipinski definition) is 0. The van der Waals surface area contributed by atoms with Gasteiger partial charge < -0.3 is 9.64 Å². The number of aryl methyl sites for hydroxylation is 1. The third-order valence-corrected chi connectivity index (χ3v) is 5.96. The predicted octanol–water partition coefficient (Wildman–Crippen LogP) is 2.74. The van der Waals surface area contributed by atoms with Gasteiger partial charge in [-0.2, -0.15) is 0 Å². The molecule has 0 N–H and O–H groups in total. The number of amides is 1. The predicted molar refractivity (Wildman–Crippen MR) is 105 cm³/mol. The van der Waals surface area contributed by atoms with Crippen molar-refractivity contribution in [1.82, 2.24) is 4.90 Å². The Hall–Kier alpha value is -2.54. The fraction of sp³-hybridized carbons (Fsp3) is 0.350. The lowest BCUT2D eigenvalue weighted by Gasteiger charge is -2.42. The number of anilines is 1. The van der Waals surface area contributed by atoms with Crippen LogP contribution in [0.1, 0.15) is 23.6 Å². The number of hydrogen-bond acceptors (Lipinski definition) is 4. The minimum Gasteiger partial charge on any atom is -0.497 e. The zero-order chi connectivity index (χ0) is 19.6. The van der Waals surface area contributed by atoms with E-state index in [2.05, 4.69) is 0 Å². The van der Waals surface area contributed by atoms with Crippen LogP contribution in [0.15, 0.2) is 48.5 Å². The summed E-state index contributed by atoms with van der Waals surface area (Å²) in [6.45, 7) is 2.34. The van der Waals surface area contributed by atoms with Gasteiger partial charge in [0.1, 0.15) is 12.3 Å². The standard InChI is InChI=1S/C20H24N2O4S/c1-15-7-9-17(10-8-15)22(27(3,24)25)14-20(23)21-12-11-19(21)16-5-4-6-18(13-16)26-2/h4-10,13,19H,11-12,14H2,1-3H3. The van der Waals surface area contributed by atoms with Gasteiger partial charge >= 0.3 is 0 Å². The van der Waals surface area contributed by atoms with Crippen molar-refractivity contribution in [2.75, 3.05) is 30.8 Å². The molecule has 0 spiro atoms. The van der Waals surface area contributed by atoms with Crippen LogP contribution in [0.3, 0.4) is 0 Å². The second-order valence-corrected chi connectivity index (χ2v) is 8.68.